The third-order valence-corrected chi connectivity index (χ3v) is 2.26. The first kappa shape index (κ1) is 13.7. The van der Waals surface area contributed by atoms with Crippen molar-refractivity contribution < 1.29 is 14.7 Å². The van der Waals surface area contributed by atoms with Crippen molar-refractivity contribution in [3.05, 3.63) is 22.7 Å². The molecule has 0 aliphatic heterocycles. The van der Waals surface area contributed by atoms with E-state index in [1.54, 1.807) is 6.92 Å². The molecule has 98 valence electrons. The fourth-order valence-corrected chi connectivity index (χ4v) is 1.35. The summed E-state index contributed by atoms with van der Waals surface area (Å²) >= 11 is 0. The summed E-state index contributed by atoms with van der Waals surface area (Å²) in [5, 5.41) is 8.63. The van der Waals surface area contributed by atoms with E-state index in [0.29, 0.717) is 0 Å². The molecule has 3 N–H and O–H groups in total. The van der Waals surface area contributed by atoms with Gasteiger partial charge in [0, 0.05) is 12.7 Å². The van der Waals surface area contributed by atoms with Gasteiger partial charge in [0.05, 0.1) is 0 Å². The number of hydrogen-bond donors (Lipinski definition) is 2. The van der Waals surface area contributed by atoms with Crippen LogP contribution >= 0.6 is 0 Å². The first-order valence-electron chi connectivity index (χ1n) is 5.26. The van der Waals surface area contributed by atoms with Crippen molar-refractivity contribution >= 4 is 17.7 Å². The number of nitrogens with zero attached hydrogens (tertiary/aromatic N) is 3. The molecule has 8 nitrogen and oxygen atoms in total. The van der Waals surface area contributed by atoms with Gasteiger partial charge < -0.3 is 15.7 Å². The number of likely N-dealkylation sites (N-methyl/N-ethyl adjacent to an activating group) is 1. The highest BCUT2D eigenvalue weighted by atomic mass is 16.4. The summed E-state index contributed by atoms with van der Waals surface area (Å²) in [7, 11) is 0. The molecule has 0 radical (unpaired) electrons. The molecule has 0 aliphatic carbocycles. The Labute approximate surface area is 103 Å². The van der Waals surface area contributed by atoms with Crippen LogP contribution in [0.25, 0.3) is 0 Å². The number of rotatable bonds is 5. The fourth-order valence-electron chi connectivity index (χ4n) is 1.35. The zero-order chi connectivity index (χ0) is 13.7. The van der Waals surface area contributed by atoms with Gasteiger partial charge in [0.15, 0.2) is 0 Å². The summed E-state index contributed by atoms with van der Waals surface area (Å²) in [5.41, 5.74) is 4.67. The zero-order valence-electron chi connectivity index (χ0n) is 9.87. The summed E-state index contributed by atoms with van der Waals surface area (Å²) < 4.78 is 1.07. The van der Waals surface area contributed by atoms with E-state index < -0.39 is 24.1 Å². The third-order valence-electron chi connectivity index (χ3n) is 2.26. The predicted molar refractivity (Wildman–Crippen MR) is 62.8 cm³/mol. The molecule has 1 aromatic rings. The maximum absolute atomic E-state index is 11.8. The Kier molecular flexibility index (Phi) is 4.41. The fraction of sp³-hybridized carbons (Fsp3) is 0.400. The van der Waals surface area contributed by atoms with Gasteiger partial charge in [0.2, 0.25) is 5.91 Å². The van der Waals surface area contributed by atoms with Gasteiger partial charge in [0.1, 0.15) is 18.9 Å². The van der Waals surface area contributed by atoms with Crippen molar-refractivity contribution in [1.29, 1.82) is 0 Å². The van der Waals surface area contributed by atoms with E-state index in [-0.39, 0.29) is 18.9 Å². The summed E-state index contributed by atoms with van der Waals surface area (Å²) in [5.74, 6) is -1.50. The lowest BCUT2D eigenvalue weighted by molar-refractivity contribution is -0.144. The van der Waals surface area contributed by atoms with Crippen molar-refractivity contribution in [2.24, 2.45) is 0 Å². The average molecular weight is 254 g/mol. The van der Waals surface area contributed by atoms with Gasteiger partial charge in [-0.05, 0) is 13.0 Å². The molecule has 0 bridgehead atoms. The molecule has 0 atom stereocenters. The van der Waals surface area contributed by atoms with Crippen molar-refractivity contribution in [3.8, 4) is 0 Å². The molecule has 1 heterocycles. The number of carboxylic acids is 1. The SMILES string of the molecule is CCN(CC(=O)O)C(=O)Cn1ccc(N)nc1=O. The van der Waals surface area contributed by atoms with Crippen LogP contribution in [0.15, 0.2) is 17.1 Å². The number of carboxylic acid groups (broad SMARTS) is 1. The lowest BCUT2D eigenvalue weighted by Gasteiger charge is -2.18. The minimum atomic E-state index is -1.10. The maximum atomic E-state index is 11.8. The van der Waals surface area contributed by atoms with E-state index in [0.717, 1.165) is 9.47 Å². The molecule has 0 saturated carbocycles. The quantitative estimate of drug-likeness (QED) is 0.678. The largest absolute Gasteiger partial charge is 0.480 e. The molecular weight excluding hydrogens is 240 g/mol. The Morgan fingerprint density at radius 3 is 2.72 bits per heavy atom. The van der Waals surface area contributed by atoms with E-state index in [4.69, 9.17) is 10.8 Å². The highest BCUT2D eigenvalue weighted by Gasteiger charge is 2.15. The lowest BCUT2D eigenvalue weighted by Crippen LogP contribution is -2.39. The predicted octanol–water partition coefficient (Wildman–Crippen LogP) is -1.24. The highest BCUT2D eigenvalue weighted by Crippen LogP contribution is 1.94. The van der Waals surface area contributed by atoms with Crippen LogP contribution in [0.5, 0.6) is 0 Å². The number of hydrogen-bond acceptors (Lipinski definition) is 5. The first-order chi connectivity index (χ1) is 8.43. The molecule has 0 spiro atoms. The topological polar surface area (TPSA) is 119 Å². The molecule has 0 unspecified atom stereocenters. The van der Waals surface area contributed by atoms with Crippen molar-refractivity contribution in [3.63, 3.8) is 0 Å². The van der Waals surface area contributed by atoms with Crippen LogP contribution in [-0.4, -0.2) is 44.5 Å². The molecule has 0 aliphatic rings. The number of aliphatic carboxylic acids is 1. The van der Waals surface area contributed by atoms with Gasteiger partial charge in [-0.15, -0.1) is 0 Å². The smallest absolute Gasteiger partial charge is 0.349 e. The van der Waals surface area contributed by atoms with Gasteiger partial charge in [0.25, 0.3) is 0 Å². The van der Waals surface area contributed by atoms with Crippen LogP contribution in [0, 0.1) is 0 Å². The van der Waals surface area contributed by atoms with E-state index in [9.17, 15) is 14.4 Å². The first-order valence-corrected chi connectivity index (χ1v) is 5.26. The standard InChI is InChI=1S/C10H14N4O4/c1-2-13(6-9(16)17)8(15)5-14-4-3-7(11)12-10(14)18/h3-4H,2,5-6H2,1H3,(H,16,17)(H2,11,12,18). The van der Waals surface area contributed by atoms with Crippen molar-refractivity contribution in [1.82, 2.24) is 14.5 Å². The van der Waals surface area contributed by atoms with Crippen LogP contribution in [0.3, 0.4) is 0 Å². The molecule has 0 aromatic carbocycles. The van der Waals surface area contributed by atoms with E-state index in [2.05, 4.69) is 4.98 Å². The van der Waals surface area contributed by atoms with E-state index >= 15 is 0 Å². The van der Waals surface area contributed by atoms with Gasteiger partial charge in [-0.2, -0.15) is 4.98 Å². The van der Waals surface area contributed by atoms with E-state index in [1.165, 1.54) is 12.3 Å². The average Bonchev–Trinajstić information content (AvgIpc) is 2.29. The van der Waals surface area contributed by atoms with Crippen molar-refractivity contribution in [2.75, 3.05) is 18.8 Å². The van der Waals surface area contributed by atoms with Gasteiger partial charge in [-0.25, -0.2) is 4.79 Å². The zero-order valence-corrected chi connectivity index (χ0v) is 9.87. The van der Waals surface area contributed by atoms with Gasteiger partial charge >= 0.3 is 11.7 Å². The Hall–Kier alpha value is -2.38. The molecule has 0 fully saturated rings. The molecular formula is C10H14N4O4. The number of aromatic nitrogens is 2. The summed E-state index contributed by atoms with van der Waals surface area (Å²) in [4.78, 5) is 38.3. The minimum absolute atomic E-state index is 0.0709. The van der Waals surface area contributed by atoms with Gasteiger partial charge in [-0.3, -0.25) is 14.2 Å². The lowest BCUT2D eigenvalue weighted by atomic mass is 10.4. The second kappa shape index (κ2) is 5.80. The molecule has 1 amide bonds. The summed E-state index contributed by atoms with van der Waals surface area (Å²) in [6.45, 7) is 1.26. The molecule has 0 saturated heterocycles. The van der Waals surface area contributed by atoms with Crippen LogP contribution in [0.1, 0.15) is 6.92 Å². The van der Waals surface area contributed by atoms with E-state index in [1.807, 2.05) is 0 Å². The third kappa shape index (κ3) is 3.58. The number of nitrogen functional groups attached to an aromatic ring is 1. The number of carbonyl (C=O) groups excluding carboxylic acids is 1. The minimum Gasteiger partial charge on any atom is -0.480 e. The summed E-state index contributed by atoms with van der Waals surface area (Å²) in [6, 6.07) is 1.39. The second-order valence-electron chi connectivity index (χ2n) is 3.56. The number of anilines is 1. The Morgan fingerprint density at radius 1 is 1.56 bits per heavy atom. The highest BCUT2D eigenvalue weighted by molar-refractivity contribution is 5.81. The molecule has 18 heavy (non-hydrogen) atoms. The van der Waals surface area contributed by atoms with Crippen molar-refractivity contribution in [2.45, 2.75) is 13.5 Å². The normalized spacial score (nSPS) is 10.1. The van der Waals surface area contributed by atoms with Crippen LogP contribution in [0.4, 0.5) is 5.82 Å². The number of nitrogens with two attached hydrogens (primary N) is 1. The Morgan fingerprint density at radius 2 is 2.22 bits per heavy atom. The number of carbonyl (C=O) groups is 2. The maximum Gasteiger partial charge on any atom is 0.349 e. The Bertz CT molecular complexity index is 511. The molecule has 8 heteroatoms. The number of amides is 1. The van der Waals surface area contributed by atoms with Crippen LogP contribution < -0.4 is 11.4 Å². The monoisotopic (exact) mass is 254 g/mol. The summed E-state index contributed by atoms with van der Waals surface area (Å²) in [6.07, 6.45) is 1.34. The van der Waals surface area contributed by atoms with Crippen LogP contribution in [0.2, 0.25) is 0 Å². The molecule has 1 rings (SSSR count). The Balaban J connectivity index is 2.79. The molecule has 1 aromatic heterocycles. The second-order valence-corrected chi connectivity index (χ2v) is 3.56. The van der Waals surface area contributed by atoms with Crippen LogP contribution in [-0.2, 0) is 16.1 Å². The van der Waals surface area contributed by atoms with Gasteiger partial charge in [-0.1, -0.05) is 0 Å².